The number of rotatable bonds is 2. The second-order valence-corrected chi connectivity index (χ2v) is 9.08. The van der Waals surface area contributed by atoms with Crippen molar-refractivity contribution in [3.8, 4) is 23.1 Å². The molecule has 6 rings (SSSR count). The fraction of sp³-hybridized carbons (Fsp3) is 0.0741. The normalized spacial score (nSPS) is 12.5. The molecule has 5 nitrogen and oxygen atoms in total. The minimum atomic E-state index is -0.356. The van der Waals surface area contributed by atoms with E-state index in [-0.39, 0.29) is 5.82 Å². The first kappa shape index (κ1) is 20.6. The number of fused-ring (bicyclic) bond motifs is 2. The molecule has 0 atom stereocenters. The van der Waals surface area contributed by atoms with Gasteiger partial charge in [0.15, 0.2) is 0 Å². The molecule has 0 radical (unpaired) electrons. The van der Waals surface area contributed by atoms with Crippen LogP contribution in [0.2, 0.25) is 0 Å². The van der Waals surface area contributed by atoms with Crippen molar-refractivity contribution < 1.29 is 4.39 Å². The fourth-order valence-corrected chi connectivity index (χ4v) is 4.55. The molecule has 0 bridgehead atoms. The summed E-state index contributed by atoms with van der Waals surface area (Å²) < 4.78 is 15.5. The van der Waals surface area contributed by atoms with Crippen LogP contribution in [0.15, 0.2) is 77.5 Å². The van der Waals surface area contributed by atoms with Crippen LogP contribution in [-0.2, 0) is 13.1 Å². The number of nitrogens with one attached hydrogen (secondary N) is 1. The molecule has 0 saturated heterocycles. The van der Waals surface area contributed by atoms with Gasteiger partial charge in [0.25, 0.3) is 0 Å². The minimum Gasteiger partial charge on any atom is -0.332 e. The molecule has 7 heteroatoms. The van der Waals surface area contributed by atoms with E-state index in [0.29, 0.717) is 22.8 Å². The van der Waals surface area contributed by atoms with E-state index in [0.717, 1.165) is 34.0 Å². The standard InChI is InChI=1S/C27H17BrFN5/c28-23-5-4-19-15-34(16-22(19)12-23)27-30-8-7-25(32-27)20-10-18(11-24(29)13-20)2-1-17-3-6-26-21(9-17)14-31-33-26/h3-14H,15-16H2,(H,31,33). The van der Waals surface area contributed by atoms with Crippen molar-refractivity contribution in [2.75, 3.05) is 4.90 Å². The van der Waals surface area contributed by atoms with Crippen molar-refractivity contribution in [3.05, 3.63) is 106 Å². The third-order valence-electron chi connectivity index (χ3n) is 5.80. The molecule has 3 heterocycles. The smallest absolute Gasteiger partial charge is 0.226 e. The van der Waals surface area contributed by atoms with Crippen LogP contribution in [0.25, 0.3) is 22.2 Å². The first-order valence-corrected chi connectivity index (χ1v) is 11.5. The van der Waals surface area contributed by atoms with Crippen LogP contribution in [0, 0.1) is 17.7 Å². The Balaban J connectivity index is 1.29. The summed E-state index contributed by atoms with van der Waals surface area (Å²) in [4.78, 5) is 11.3. The number of H-pyrrole nitrogens is 1. The Morgan fingerprint density at radius 3 is 2.74 bits per heavy atom. The Kier molecular flexibility index (Phi) is 5.08. The fourth-order valence-electron chi connectivity index (χ4n) is 4.14. The van der Waals surface area contributed by atoms with E-state index in [1.807, 2.05) is 30.3 Å². The maximum atomic E-state index is 14.5. The number of anilines is 1. The zero-order valence-electron chi connectivity index (χ0n) is 17.9. The van der Waals surface area contributed by atoms with E-state index in [4.69, 9.17) is 4.98 Å². The summed E-state index contributed by atoms with van der Waals surface area (Å²) in [5.74, 6) is 6.46. The number of aromatic nitrogens is 4. The molecule has 2 aromatic heterocycles. The summed E-state index contributed by atoms with van der Waals surface area (Å²) in [7, 11) is 0. The third-order valence-corrected chi connectivity index (χ3v) is 6.29. The highest BCUT2D eigenvalue weighted by Gasteiger charge is 2.21. The van der Waals surface area contributed by atoms with Gasteiger partial charge in [0.05, 0.1) is 17.4 Å². The lowest BCUT2D eigenvalue weighted by Crippen LogP contribution is -2.17. The van der Waals surface area contributed by atoms with Crippen LogP contribution in [0.5, 0.6) is 0 Å². The Morgan fingerprint density at radius 2 is 1.79 bits per heavy atom. The molecule has 0 aliphatic carbocycles. The molecule has 0 fully saturated rings. The average Bonchev–Trinajstić information content (AvgIpc) is 3.49. The van der Waals surface area contributed by atoms with Crippen LogP contribution in [0.3, 0.4) is 0 Å². The van der Waals surface area contributed by atoms with E-state index in [9.17, 15) is 4.39 Å². The quantitative estimate of drug-likeness (QED) is 0.303. The maximum Gasteiger partial charge on any atom is 0.226 e. The lowest BCUT2D eigenvalue weighted by Gasteiger charge is -2.15. The van der Waals surface area contributed by atoms with Crippen molar-refractivity contribution >= 4 is 32.8 Å². The molecule has 1 N–H and O–H groups in total. The van der Waals surface area contributed by atoms with Gasteiger partial charge in [-0.25, -0.2) is 14.4 Å². The lowest BCUT2D eigenvalue weighted by molar-refractivity contribution is 0.628. The van der Waals surface area contributed by atoms with Crippen molar-refractivity contribution in [1.29, 1.82) is 0 Å². The number of aromatic amines is 1. The van der Waals surface area contributed by atoms with Crippen LogP contribution >= 0.6 is 15.9 Å². The van der Waals surface area contributed by atoms with E-state index in [1.165, 1.54) is 23.3 Å². The molecule has 164 valence electrons. The predicted octanol–water partition coefficient (Wildman–Crippen LogP) is 5.84. The van der Waals surface area contributed by atoms with Gasteiger partial charge in [-0.15, -0.1) is 0 Å². The second-order valence-electron chi connectivity index (χ2n) is 8.16. The van der Waals surface area contributed by atoms with Crippen molar-refractivity contribution in [2.24, 2.45) is 0 Å². The lowest BCUT2D eigenvalue weighted by atomic mass is 10.1. The van der Waals surface area contributed by atoms with Crippen molar-refractivity contribution in [3.63, 3.8) is 0 Å². The Labute approximate surface area is 203 Å². The number of benzene rings is 3. The van der Waals surface area contributed by atoms with E-state index >= 15 is 0 Å². The zero-order valence-corrected chi connectivity index (χ0v) is 19.5. The van der Waals surface area contributed by atoms with Gasteiger partial charge in [-0.2, -0.15) is 5.10 Å². The van der Waals surface area contributed by atoms with Crippen molar-refractivity contribution in [2.45, 2.75) is 13.1 Å². The van der Waals surface area contributed by atoms with Crippen LogP contribution in [-0.4, -0.2) is 20.2 Å². The van der Waals surface area contributed by atoms with E-state index in [1.54, 1.807) is 18.5 Å². The SMILES string of the molecule is Fc1cc(C#Cc2ccc3[nH]ncc3c2)cc(-c2ccnc(N3Cc4ccc(Br)cc4C3)n2)c1. The van der Waals surface area contributed by atoms with Gasteiger partial charge in [0.2, 0.25) is 5.95 Å². The Hall–Kier alpha value is -4.02. The first-order valence-electron chi connectivity index (χ1n) is 10.7. The van der Waals surface area contributed by atoms with Gasteiger partial charge < -0.3 is 4.90 Å². The Bertz CT molecular complexity index is 1610. The molecule has 1 aliphatic heterocycles. The predicted molar refractivity (Wildman–Crippen MR) is 134 cm³/mol. The molecule has 0 saturated carbocycles. The minimum absolute atomic E-state index is 0.356. The summed E-state index contributed by atoms with van der Waals surface area (Å²) in [5.41, 5.74) is 6.20. The van der Waals surface area contributed by atoms with Gasteiger partial charge in [-0.3, -0.25) is 5.10 Å². The molecule has 3 aromatic carbocycles. The molecule has 5 aromatic rings. The number of hydrogen-bond donors (Lipinski definition) is 1. The van der Waals surface area contributed by atoms with E-state index < -0.39 is 0 Å². The van der Waals surface area contributed by atoms with Gasteiger partial charge in [0, 0.05) is 45.8 Å². The highest BCUT2D eigenvalue weighted by molar-refractivity contribution is 9.10. The van der Waals surface area contributed by atoms with Gasteiger partial charge in [-0.1, -0.05) is 33.8 Å². The monoisotopic (exact) mass is 509 g/mol. The molecule has 0 amide bonds. The summed E-state index contributed by atoms with van der Waals surface area (Å²) >= 11 is 3.53. The van der Waals surface area contributed by atoms with Crippen molar-refractivity contribution in [1.82, 2.24) is 20.2 Å². The molecule has 0 spiro atoms. The topological polar surface area (TPSA) is 57.7 Å². The third kappa shape index (κ3) is 4.04. The van der Waals surface area contributed by atoms with Crippen LogP contribution in [0.1, 0.15) is 22.3 Å². The van der Waals surface area contributed by atoms with Gasteiger partial charge >= 0.3 is 0 Å². The van der Waals surface area contributed by atoms with Crippen LogP contribution < -0.4 is 4.90 Å². The van der Waals surface area contributed by atoms with Crippen LogP contribution in [0.4, 0.5) is 10.3 Å². The molecule has 34 heavy (non-hydrogen) atoms. The summed E-state index contributed by atoms with van der Waals surface area (Å²) in [6.07, 6.45) is 3.47. The average molecular weight is 510 g/mol. The second kappa shape index (κ2) is 8.40. The largest absolute Gasteiger partial charge is 0.332 e. The van der Waals surface area contributed by atoms with E-state index in [2.05, 4.69) is 60.0 Å². The van der Waals surface area contributed by atoms with Gasteiger partial charge in [-0.05, 0) is 65.7 Å². The zero-order chi connectivity index (χ0) is 23.1. The maximum absolute atomic E-state index is 14.5. The number of nitrogens with zero attached hydrogens (tertiary/aromatic N) is 4. The van der Waals surface area contributed by atoms with Gasteiger partial charge in [0.1, 0.15) is 5.82 Å². The molecule has 1 aliphatic rings. The highest BCUT2D eigenvalue weighted by atomic mass is 79.9. The Morgan fingerprint density at radius 1 is 0.912 bits per heavy atom. The summed E-state index contributed by atoms with van der Waals surface area (Å²) in [5, 5.41) is 7.93. The summed E-state index contributed by atoms with van der Waals surface area (Å²) in [6.45, 7) is 1.48. The molecular formula is C27H17BrFN5. The summed E-state index contributed by atoms with van der Waals surface area (Å²) in [6, 6.07) is 18.6. The number of hydrogen-bond acceptors (Lipinski definition) is 4. The molecular weight excluding hydrogens is 493 g/mol. The highest BCUT2D eigenvalue weighted by Crippen LogP contribution is 2.29. The molecule has 0 unspecified atom stereocenters. The first-order chi connectivity index (χ1) is 16.6. The number of halogens is 2.